The average Bonchev–Trinajstić information content (AvgIpc) is 3.60. The number of aromatic nitrogens is 5. The molecule has 9 heteroatoms. The Morgan fingerprint density at radius 3 is 2.56 bits per heavy atom. The van der Waals surface area contributed by atoms with Crippen molar-refractivity contribution in [2.24, 2.45) is 0 Å². The second kappa shape index (κ2) is 10.8. The molecule has 0 saturated heterocycles. The van der Waals surface area contributed by atoms with Crippen LogP contribution in [0.1, 0.15) is 67.1 Å². The number of nitrogens with zero attached hydrogens (tertiary/aromatic N) is 5. The van der Waals surface area contributed by atoms with E-state index in [1.165, 1.54) is 0 Å². The van der Waals surface area contributed by atoms with Crippen LogP contribution in [0.15, 0.2) is 70.1 Å². The first-order chi connectivity index (χ1) is 18.7. The Bertz CT molecular complexity index is 1650. The summed E-state index contributed by atoms with van der Waals surface area (Å²) in [6.07, 6.45) is 2.45. The molecule has 0 aliphatic carbocycles. The van der Waals surface area contributed by atoms with Gasteiger partial charge in [-0.15, -0.1) is 5.10 Å². The average molecular weight is 545 g/mol. The fourth-order valence-electron chi connectivity index (χ4n) is 4.83. The Hall–Kier alpha value is -3.75. The number of rotatable bonds is 9. The third kappa shape index (κ3) is 5.40. The highest BCUT2D eigenvalue weighted by molar-refractivity contribution is 6.31. The number of furan rings is 1. The van der Waals surface area contributed by atoms with E-state index < -0.39 is 6.04 Å². The summed E-state index contributed by atoms with van der Waals surface area (Å²) < 4.78 is 7.60. The van der Waals surface area contributed by atoms with Crippen LogP contribution in [0.4, 0.5) is 0 Å². The predicted octanol–water partition coefficient (Wildman–Crippen LogP) is 6.31. The van der Waals surface area contributed by atoms with Crippen LogP contribution in [-0.2, 0) is 18.6 Å². The van der Waals surface area contributed by atoms with E-state index in [0.717, 1.165) is 39.8 Å². The molecule has 3 heterocycles. The molecular weight excluding hydrogens is 512 g/mol. The van der Waals surface area contributed by atoms with Crippen LogP contribution in [0.5, 0.6) is 0 Å². The van der Waals surface area contributed by atoms with Gasteiger partial charge in [0, 0.05) is 22.6 Å². The molecule has 0 aliphatic rings. The fourth-order valence-corrected chi connectivity index (χ4v) is 5.02. The molecule has 0 bridgehead atoms. The van der Waals surface area contributed by atoms with Crippen LogP contribution in [0.25, 0.3) is 10.9 Å². The lowest BCUT2D eigenvalue weighted by Crippen LogP contribution is -2.38. The fraction of sp³-hybridized carbons (Fsp3) is 0.333. The molecule has 1 N–H and O–H groups in total. The normalized spacial score (nSPS) is 12.9. The zero-order valence-electron chi connectivity index (χ0n) is 22.9. The summed E-state index contributed by atoms with van der Waals surface area (Å²) in [6.45, 7) is 11.2. The molecule has 5 aromatic rings. The van der Waals surface area contributed by atoms with Gasteiger partial charge in [0.25, 0.3) is 5.56 Å². The van der Waals surface area contributed by atoms with Gasteiger partial charge in [-0.1, -0.05) is 36.7 Å². The third-order valence-corrected chi connectivity index (χ3v) is 7.96. The van der Waals surface area contributed by atoms with E-state index in [2.05, 4.69) is 59.2 Å². The van der Waals surface area contributed by atoms with Crippen LogP contribution < -0.4 is 5.56 Å². The van der Waals surface area contributed by atoms with Gasteiger partial charge in [-0.3, -0.25) is 9.69 Å². The van der Waals surface area contributed by atoms with Crippen molar-refractivity contribution in [1.29, 1.82) is 0 Å². The Labute approximate surface area is 232 Å². The maximum absolute atomic E-state index is 13.8. The van der Waals surface area contributed by atoms with Gasteiger partial charge in [0.2, 0.25) is 0 Å². The van der Waals surface area contributed by atoms with Gasteiger partial charge in [0.15, 0.2) is 5.82 Å². The van der Waals surface area contributed by atoms with Gasteiger partial charge in [-0.25, -0.2) is 4.68 Å². The number of hydrogen-bond donors (Lipinski definition) is 1. The Morgan fingerprint density at radius 1 is 1.08 bits per heavy atom. The van der Waals surface area contributed by atoms with Crippen molar-refractivity contribution < 1.29 is 4.42 Å². The summed E-state index contributed by atoms with van der Waals surface area (Å²) >= 11 is 6.63. The van der Waals surface area contributed by atoms with Crippen LogP contribution in [0, 0.1) is 13.8 Å². The molecule has 5 rings (SSSR count). The van der Waals surface area contributed by atoms with Crippen molar-refractivity contribution in [3.05, 3.63) is 110 Å². The predicted molar refractivity (Wildman–Crippen MR) is 153 cm³/mol. The van der Waals surface area contributed by atoms with Gasteiger partial charge < -0.3 is 9.40 Å². The molecule has 3 aromatic heterocycles. The number of tetrazole rings is 1. The molecule has 8 nitrogen and oxygen atoms in total. The van der Waals surface area contributed by atoms with Crippen molar-refractivity contribution in [3.63, 3.8) is 0 Å². The molecule has 0 aliphatic heterocycles. The molecule has 0 spiro atoms. The molecule has 0 fully saturated rings. The monoisotopic (exact) mass is 544 g/mol. The molecular formula is C30H33ClN6O2. The van der Waals surface area contributed by atoms with Gasteiger partial charge >= 0.3 is 0 Å². The quantitative estimate of drug-likeness (QED) is 0.233. The van der Waals surface area contributed by atoms with Gasteiger partial charge in [-0.2, -0.15) is 0 Å². The summed E-state index contributed by atoms with van der Waals surface area (Å²) in [5, 5.41) is 14.6. The Morgan fingerprint density at radius 2 is 1.85 bits per heavy atom. The van der Waals surface area contributed by atoms with Crippen LogP contribution in [0.3, 0.4) is 0 Å². The minimum absolute atomic E-state index is 0.191. The number of nitrogens with one attached hydrogen (secondary N) is 1. The minimum Gasteiger partial charge on any atom is -0.468 e. The van der Waals surface area contributed by atoms with Crippen LogP contribution in [0.2, 0.25) is 5.02 Å². The summed E-state index contributed by atoms with van der Waals surface area (Å²) in [7, 11) is 0. The lowest BCUT2D eigenvalue weighted by molar-refractivity contribution is 0.168. The standard InChI is InChI=1S/C30H33ClN6O2/c1-6-30(4,5)37-28(33-34-35-37)27(24-16-22-14-19(2)20(3)15-26(22)32-29(24)38)36(18-23-11-9-13-39-23)17-21-10-7-8-12-25(21)31/h7-16,27H,6,17-18H2,1-5H3,(H,32,38)/t27-/m1/s1. The molecule has 0 unspecified atom stereocenters. The van der Waals surface area contributed by atoms with E-state index in [4.69, 9.17) is 16.0 Å². The smallest absolute Gasteiger partial charge is 0.253 e. The van der Waals surface area contributed by atoms with Gasteiger partial charge in [0.1, 0.15) is 11.8 Å². The van der Waals surface area contributed by atoms with E-state index >= 15 is 0 Å². The second-order valence-electron chi connectivity index (χ2n) is 10.7. The van der Waals surface area contributed by atoms with Gasteiger partial charge in [-0.05, 0) is 103 Å². The number of H-pyrrole nitrogens is 1. The summed E-state index contributed by atoms with van der Waals surface area (Å²) in [5.41, 5.74) is 3.97. The van der Waals surface area contributed by atoms with Crippen molar-refractivity contribution in [2.45, 2.75) is 65.7 Å². The molecule has 0 saturated carbocycles. The Balaban J connectivity index is 1.76. The number of benzene rings is 2. The largest absolute Gasteiger partial charge is 0.468 e. The highest BCUT2D eigenvalue weighted by Gasteiger charge is 2.35. The highest BCUT2D eigenvalue weighted by atomic mass is 35.5. The van der Waals surface area contributed by atoms with E-state index in [9.17, 15) is 4.79 Å². The van der Waals surface area contributed by atoms with E-state index in [-0.39, 0.29) is 11.1 Å². The first kappa shape index (κ1) is 26.8. The lowest BCUT2D eigenvalue weighted by atomic mass is 9.98. The van der Waals surface area contributed by atoms with E-state index in [1.807, 2.05) is 60.1 Å². The van der Waals surface area contributed by atoms with Crippen LogP contribution >= 0.6 is 11.6 Å². The SMILES string of the molecule is CCC(C)(C)n1nnnc1[C@@H](c1cc2cc(C)c(C)cc2[nH]c1=O)N(Cc1ccco1)Cc1ccccc1Cl. The number of pyridine rings is 1. The number of aryl methyl sites for hydroxylation is 2. The summed E-state index contributed by atoms with van der Waals surface area (Å²) in [4.78, 5) is 19.1. The minimum atomic E-state index is -0.595. The molecule has 39 heavy (non-hydrogen) atoms. The molecule has 202 valence electrons. The molecule has 1 atom stereocenters. The van der Waals surface area contributed by atoms with Crippen molar-refractivity contribution >= 4 is 22.5 Å². The first-order valence-corrected chi connectivity index (χ1v) is 13.5. The van der Waals surface area contributed by atoms with Crippen molar-refractivity contribution in [2.75, 3.05) is 0 Å². The zero-order chi connectivity index (χ0) is 27.7. The van der Waals surface area contributed by atoms with Crippen molar-refractivity contribution in [3.8, 4) is 0 Å². The maximum Gasteiger partial charge on any atom is 0.253 e. The first-order valence-electron chi connectivity index (χ1n) is 13.1. The lowest BCUT2D eigenvalue weighted by Gasteiger charge is -2.33. The highest BCUT2D eigenvalue weighted by Crippen LogP contribution is 2.34. The summed E-state index contributed by atoms with van der Waals surface area (Å²) in [6, 6.07) is 17.0. The van der Waals surface area contributed by atoms with Crippen molar-refractivity contribution in [1.82, 2.24) is 30.1 Å². The molecule has 0 radical (unpaired) electrons. The molecule has 2 aromatic carbocycles. The van der Waals surface area contributed by atoms with Crippen LogP contribution in [-0.4, -0.2) is 30.1 Å². The summed E-state index contributed by atoms with van der Waals surface area (Å²) in [5.74, 6) is 1.33. The number of aromatic amines is 1. The number of hydrogen-bond acceptors (Lipinski definition) is 6. The maximum atomic E-state index is 13.8. The Kier molecular flexibility index (Phi) is 7.42. The number of fused-ring (bicyclic) bond motifs is 1. The third-order valence-electron chi connectivity index (χ3n) is 7.59. The number of halogens is 1. The zero-order valence-corrected chi connectivity index (χ0v) is 23.7. The topological polar surface area (TPSA) is 92.8 Å². The molecule has 0 amide bonds. The van der Waals surface area contributed by atoms with E-state index in [1.54, 1.807) is 6.26 Å². The van der Waals surface area contributed by atoms with Gasteiger partial charge in [0.05, 0.1) is 18.3 Å². The van der Waals surface area contributed by atoms with E-state index in [0.29, 0.717) is 29.5 Å². The second-order valence-corrected chi connectivity index (χ2v) is 11.1.